The molecule has 3 heterocycles. The van der Waals surface area contributed by atoms with E-state index < -0.39 is 0 Å². The van der Waals surface area contributed by atoms with Gasteiger partial charge in [-0.1, -0.05) is 5.16 Å². The van der Waals surface area contributed by atoms with Gasteiger partial charge in [-0.15, -0.1) is 0 Å². The SMILES string of the molecule is c1ncn(Cc2nc(-c3ccc4c(c3)OCO4)no2)n1. The molecule has 0 saturated heterocycles. The van der Waals surface area contributed by atoms with Gasteiger partial charge in [-0.25, -0.2) is 9.67 Å². The summed E-state index contributed by atoms with van der Waals surface area (Å²) in [7, 11) is 0. The summed E-state index contributed by atoms with van der Waals surface area (Å²) < 4.78 is 17.4. The molecular formula is C12H9N5O3. The molecule has 8 heteroatoms. The lowest BCUT2D eigenvalue weighted by molar-refractivity contribution is 0.174. The first-order valence-electron chi connectivity index (χ1n) is 5.93. The Kier molecular flexibility index (Phi) is 2.38. The summed E-state index contributed by atoms with van der Waals surface area (Å²) in [4.78, 5) is 8.17. The summed E-state index contributed by atoms with van der Waals surface area (Å²) in [6.07, 6.45) is 3.04. The van der Waals surface area contributed by atoms with Gasteiger partial charge in [0.2, 0.25) is 18.5 Å². The van der Waals surface area contributed by atoms with Crippen LogP contribution in [0.1, 0.15) is 5.89 Å². The first kappa shape index (κ1) is 11.0. The summed E-state index contributed by atoms with van der Waals surface area (Å²) >= 11 is 0. The molecule has 0 spiro atoms. The summed E-state index contributed by atoms with van der Waals surface area (Å²) in [5, 5.41) is 7.93. The fraction of sp³-hybridized carbons (Fsp3) is 0.167. The van der Waals surface area contributed by atoms with Crippen LogP contribution in [0, 0.1) is 0 Å². The fourth-order valence-corrected chi connectivity index (χ4v) is 1.92. The molecule has 0 aliphatic carbocycles. The predicted molar refractivity (Wildman–Crippen MR) is 65.0 cm³/mol. The van der Waals surface area contributed by atoms with Gasteiger partial charge < -0.3 is 14.0 Å². The number of benzene rings is 1. The predicted octanol–water partition coefficient (Wildman–Crippen LogP) is 1.11. The highest BCUT2D eigenvalue weighted by molar-refractivity contribution is 5.61. The summed E-state index contributed by atoms with van der Waals surface area (Å²) in [5.41, 5.74) is 0.808. The Balaban J connectivity index is 1.61. The van der Waals surface area contributed by atoms with Crippen molar-refractivity contribution in [3.63, 3.8) is 0 Å². The Morgan fingerprint density at radius 1 is 1.20 bits per heavy atom. The minimum Gasteiger partial charge on any atom is -0.454 e. The van der Waals surface area contributed by atoms with Crippen molar-refractivity contribution in [2.75, 3.05) is 6.79 Å². The first-order valence-corrected chi connectivity index (χ1v) is 5.93. The van der Waals surface area contributed by atoms with Crippen molar-refractivity contribution >= 4 is 0 Å². The van der Waals surface area contributed by atoms with Crippen LogP contribution >= 0.6 is 0 Å². The highest BCUT2D eigenvalue weighted by Crippen LogP contribution is 2.35. The van der Waals surface area contributed by atoms with Crippen molar-refractivity contribution < 1.29 is 14.0 Å². The maximum Gasteiger partial charge on any atom is 0.248 e. The number of hydrogen-bond donors (Lipinski definition) is 0. The van der Waals surface area contributed by atoms with Crippen molar-refractivity contribution in [1.82, 2.24) is 24.9 Å². The maximum absolute atomic E-state index is 5.32. The maximum atomic E-state index is 5.32. The third kappa shape index (κ3) is 1.87. The van der Waals surface area contributed by atoms with E-state index in [-0.39, 0.29) is 6.79 Å². The quantitative estimate of drug-likeness (QED) is 0.704. The number of hydrogen-bond acceptors (Lipinski definition) is 7. The Hall–Kier alpha value is -2.90. The summed E-state index contributed by atoms with van der Waals surface area (Å²) in [6, 6.07) is 5.51. The van der Waals surface area contributed by atoms with Gasteiger partial charge in [0.05, 0.1) is 0 Å². The van der Waals surface area contributed by atoms with E-state index in [4.69, 9.17) is 14.0 Å². The van der Waals surface area contributed by atoms with E-state index in [0.717, 1.165) is 11.3 Å². The molecule has 0 fully saturated rings. The van der Waals surface area contributed by atoms with E-state index in [1.807, 2.05) is 18.2 Å². The van der Waals surface area contributed by atoms with E-state index in [9.17, 15) is 0 Å². The molecule has 3 aromatic rings. The lowest BCUT2D eigenvalue weighted by Gasteiger charge is -1.97. The van der Waals surface area contributed by atoms with Crippen LogP contribution in [0.4, 0.5) is 0 Å². The molecule has 4 rings (SSSR count). The van der Waals surface area contributed by atoms with E-state index in [1.54, 1.807) is 11.0 Å². The van der Waals surface area contributed by atoms with Crippen LogP contribution in [-0.2, 0) is 6.54 Å². The van der Waals surface area contributed by atoms with Crippen LogP contribution in [0.15, 0.2) is 35.4 Å². The second-order valence-corrected chi connectivity index (χ2v) is 4.17. The lowest BCUT2D eigenvalue weighted by Crippen LogP contribution is -1.99. The van der Waals surface area contributed by atoms with Crippen molar-refractivity contribution in [2.24, 2.45) is 0 Å². The molecule has 100 valence electrons. The lowest BCUT2D eigenvalue weighted by atomic mass is 10.2. The van der Waals surface area contributed by atoms with Gasteiger partial charge >= 0.3 is 0 Å². The van der Waals surface area contributed by atoms with Gasteiger partial charge in [0.1, 0.15) is 19.2 Å². The molecule has 0 radical (unpaired) electrons. The Bertz CT molecular complexity index is 737. The number of fused-ring (bicyclic) bond motifs is 1. The zero-order valence-corrected chi connectivity index (χ0v) is 10.3. The zero-order valence-electron chi connectivity index (χ0n) is 10.3. The van der Waals surface area contributed by atoms with Gasteiger partial charge in [-0.2, -0.15) is 10.1 Å². The third-order valence-corrected chi connectivity index (χ3v) is 2.86. The summed E-state index contributed by atoms with van der Waals surface area (Å²) in [5.74, 6) is 2.37. The zero-order chi connectivity index (χ0) is 13.4. The molecule has 0 amide bonds. The van der Waals surface area contributed by atoms with Gasteiger partial charge in [-0.3, -0.25) is 0 Å². The Labute approximate surface area is 113 Å². The van der Waals surface area contributed by atoms with Crippen LogP contribution < -0.4 is 9.47 Å². The van der Waals surface area contributed by atoms with Crippen LogP contribution in [-0.4, -0.2) is 31.7 Å². The second kappa shape index (κ2) is 4.34. The minimum absolute atomic E-state index is 0.239. The van der Waals surface area contributed by atoms with E-state index in [0.29, 0.717) is 24.0 Å². The molecule has 1 aliphatic rings. The van der Waals surface area contributed by atoms with E-state index >= 15 is 0 Å². The van der Waals surface area contributed by atoms with Gasteiger partial charge in [0, 0.05) is 5.56 Å². The number of aromatic nitrogens is 5. The molecule has 1 aromatic carbocycles. The Morgan fingerprint density at radius 2 is 2.15 bits per heavy atom. The Morgan fingerprint density at radius 3 is 3.05 bits per heavy atom. The molecule has 2 aromatic heterocycles. The summed E-state index contributed by atoms with van der Waals surface area (Å²) in [6.45, 7) is 0.625. The van der Waals surface area contributed by atoms with Crippen LogP contribution in [0.3, 0.4) is 0 Å². The smallest absolute Gasteiger partial charge is 0.248 e. The minimum atomic E-state index is 0.239. The van der Waals surface area contributed by atoms with Crippen LogP contribution in [0.25, 0.3) is 11.4 Å². The van der Waals surface area contributed by atoms with Crippen molar-refractivity contribution in [1.29, 1.82) is 0 Å². The topological polar surface area (TPSA) is 88.1 Å². The first-order chi connectivity index (χ1) is 9.88. The van der Waals surface area contributed by atoms with Gasteiger partial charge in [0.15, 0.2) is 11.5 Å². The standard InChI is InChI=1S/C12H9N5O3/c1-2-9-10(19-7-18-9)3-8(1)12-15-11(20-16-12)4-17-6-13-5-14-17/h1-3,5-6H,4,7H2. The molecule has 1 aliphatic heterocycles. The number of ether oxygens (including phenoxy) is 2. The molecule has 0 N–H and O–H groups in total. The van der Waals surface area contributed by atoms with E-state index in [2.05, 4.69) is 20.2 Å². The third-order valence-electron chi connectivity index (χ3n) is 2.86. The molecule has 0 bridgehead atoms. The molecular weight excluding hydrogens is 262 g/mol. The van der Waals surface area contributed by atoms with Crippen LogP contribution in [0.5, 0.6) is 11.5 Å². The van der Waals surface area contributed by atoms with Gasteiger partial charge in [-0.05, 0) is 18.2 Å². The number of rotatable bonds is 3. The average molecular weight is 271 g/mol. The number of nitrogens with zero attached hydrogens (tertiary/aromatic N) is 5. The van der Waals surface area contributed by atoms with Crippen molar-refractivity contribution in [3.8, 4) is 22.9 Å². The molecule has 0 atom stereocenters. The normalized spacial score (nSPS) is 12.8. The van der Waals surface area contributed by atoms with Crippen LogP contribution in [0.2, 0.25) is 0 Å². The second-order valence-electron chi connectivity index (χ2n) is 4.17. The molecule has 20 heavy (non-hydrogen) atoms. The largest absolute Gasteiger partial charge is 0.454 e. The highest BCUT2D eigenvalue weighted by atomic mass is 16.7. The molecule has 0 saturated carbocycles. The van der Waals surface area contributed by atoms with Crippen molar-refractivity contribution in [3.05, 3.63) is 36.7 Å². The average Bonchev–Trinajstić information content (AvgIpc) is 3.19. The highest BCUT2D eigenvalue weighted by Gasteiger charge is 2.16. The monoisotopic (exact) mass is 271 g/mol. The molecule has 0 unspecified atom stereocenters. The van der Waals surface area contributed by atoms with E-state index in [1.165, 1.54) is 6.33 Å². The van der Waals surface area contributed by atoms with Gasteiger partial charge in [0.25, 0.3) is 0 Å². The molecule has 8 nitrogen and oxygen atoms in total. The van der Waals surface area contributed by atoms with Crippen molar-refractivity contribution in [2.45, 2.75) is 6.54 Å². The fourth-order valence-electron chi connectivity index (χ4n) is 1.92.